The van der Waals surface area contributed by atoms with Crippen LogP contribution in [0.5, 0.6) is 0 Å². The Hall–Kier alpha value is -0.280. The number of thioether (sulfide) groups is 1. The fourth-order valence-electron chi connectivity index (χ4n) is 0.919. The molecule has 1 rings (SSSR count). The lowest BCUT2D eigenvalue weighted by Gasteiger charge is -2.07. The molecule has 13 heavy (non-hydrogen) atoms. The summed E-state index contributed by atoms with van der Waals surface area (Å²) >= 11 is 7.39. The van der Waals surface area contributed by atoms with Crippen molar-refractivity contribution in [2.24, 2.45) is 0 Å². The van der Waals surface area contributed by atoms with Crippen LogP contribution in [0.2, 0.25) is 0 Å². The summed E-state index contributed by atoms with van der Waals surface area (Å²) in [4.78, 5) is 8.35. The standard InChI is InChI=1S/C9H13ClN2S/c1-7(3-5-10)13-9-4-6-11-8(2)12-9/h4,6-7H,3,5H2,1-2H3. The van der Waals surface area contributed by atoms with E-state index >= 15 is 0 Å². The average molecular weight is 217 g/mol. The molecule has 0 saturated carbocycles. The Balaban J connectivity index is 2.53. The highest BCUT2D eigenvalue weighted by Crippen LogP contribution is 2.22. The highest BCUT2D eigenvalue weighted by molar-refractivity contribution is 7.99. The summed E-state index contributed by atoms with van der Waals surface area (Å²) in [5, 5.41) is 1.55. The Labute approximate surface area is 88.1 Å². The molecule has 0 bridgehead atoms. The number of alkyl halides is 1. The van der Waals surface area contributed by atoms with E-state index in [9.17, 15) is 0 Å². The smallest absolute Gasteiger partial charge is 0.126 e. The minimum absolute atomic E-state index is 0.520. The van der Waals surface area contributed by atoms with Crippen molar-refractivity contribution in [1.82, 2.24) is 9.97 Å². The second-order valence-corrected chi connectivity index (χ2v) is 4.68. The highest BCUT2D eigenvalue weighted by atomic mass is 35.5. The van der Waals surface area contributed by atoms with Crippen LogP contribution in [0.25, 0.3) is 0 Å². The molecule has 0 aliphatic heterocycles. The van der Waals surface area contributed by atoms with Gasteiger partial charge in [-0.1, -0.05) is 6.92 Å². The summed E-state index contributed by atoms with van der Waals surface area (Å²) in [6.45, 7) is 4.06. The Morgan fingerprint density at radius 1 is 1.62 bits per heavy atom. The fourth-order valence-corrected chi connectivity index (χ4v) is 2.35. The second-order valence-electron chi connectivity index (χ2n) is 2.85. The molecule has 0 aliphatic rings. The molecule has 1 aromatic heterocycles. The van der Waals surface area contributed by atoms with Crippen molar-refractivity contribution in [2.45, 2.75) is 30.5 Å². The van der Waals surface area contributed by atoms with E-state index in [1.807, 2.05) is 13.0 Å². The van der Waals surface area contributed by atoms with Crippen LogP contribution < -0.4 is 0 Å². The number of aromatic nitrogens is 2. The van der Waals surface area contributed by atoms with Crippen molar-refractivity contribution in [3.8, 4) is 0 Å². The van der Waals surface area contributed by atoms with E-state index in [2.05, 4.69) is 16.9 Å². The van der Waals surface area contributed by atoms with Gasteiger partial charge in [0.2, 0.25) is 0 Å². The van der Waals surface area contributed by atoms with Gasteiger partial charge >= 0.3 is 0 Å². The van der Waals surface area contributed by atoms with Crippen LogP contribution in [0.1, 0.15) is 19.2 Å². The molecule has 4 heteroatoms. The quantitative estimate of drug-likeness (QED) is 0.440. The number of hydrogen-bond acceptors (Lipinski definition) is 3. The van der Waals surface area contributed by atoms with Crippen LogP contribution >= 0.6 is 23.4 Å². The molecule has 0 N–H and O–H groups in total. The summed E-state index contributed by atoms with van der Waals surface area (Å²) in [7, 11) is 0. The molecule has 0 aromatic carbocycles. The van der Waals surface area contributed by atoms with E-state index in [0.29, 0.717) is 11.1 Å². The molecule has 1 unspecified atom stereocenters. The van der Waals surface area contributed by atoms with Gasteiger partial charge in [-0.15, -0.1) is 23.4 Å². The maximum atomic E-state index is 5.65. The zero-order chi connectivity index (χ0) is 9.68. The van der Waals surface area contributed by atoms with Gasteiger partial charge in [0, 0.05) is 17.3 Å². The number of halogens is 1. The number of nitrogens with zero attached hydrogens (tertiary/aromatic N) is 2. The zero-order valence-electron chi connectivity index (χ0n) is 7.83. The summed E-state index contributed by atoms with van der Waals surface area (Å²) in [6, 6.07) is 1.93. The van der Waals surface area contributed by atoms with Crippen molar-refractivity contribution in [2.75, 3.05) is 5.88 Å². The molecule has 72 valence electrons. The summed E-state index contributed by atoms with van der Waals surface area (Å²) in [5.74, 6) is 1.53. The number of rotatable bonds is 4. The minimum atomic E-state index is 0.520. The Bertz CT molecular complexity index is 268. The monoisotopic (exact) mass is 216 g/mol. The normalized spacial score (nSPS) is 12.8. The lowest BCUT2D eigenvalue weighted by Crippen LogP contribution is -1.98. The second kappa shape index (κ2) is 5.45. The van der Waals surface area contributed by atoms with E-state index in [0.717, 1.165) is 17.3 Å². The Kier molecular flexibility index (Phi) is 4.53. The molecule has 2 nitrogen and oxygen atoms in total. The maximum Gasteiger partial charge on any atom is 0.126 e. The van der Waals surface area contributed by atoms with Gasteiger partial charge in [0.05, 0.1) is 5.03 Å². The molecule has 0 amide bonds. The molecule has 1 atom stereocenters. The van der Waals surface area contributed by atoms with Crippen molar-refractivity contribution in [1.29, 1.82) is 0 Å². The lowest BCUT2D eigenvalue weighted by molar-refractivity contribution is 0.898. The van der Waals surface area contributed by atoms with E-state index in [4.69, 9.17) is 11.6 Å². The topological polar surface area (TPSA) is 25.8 Å². The van der Waals surface area contributed by atoms with Gasteiger partial charge in [-0.25, -0.2) is 9.97 Å². The SMILES string of the molecule is Cc1nccc(SC(C)CCCl)n1. The largest absolute Gasteiger partial charge is 0.242 e. The molecule has 1 aromatic rings. The van der Waals surface area contributed by atoms with Crippen LogP contribution in [0.4, 0.5) is 0 Å². The minimum Gasteiger partial charge on any atom is -0.242 e. The maximum absolute atomic E-state index is 5.65. The molecule has 0 radical (unpaired) electrons. The van der Waals surface area contributed by atoms with Crippen molar-refractivity contribution < 1.29 is 0 Å². The molecular formula is C9H13ClN2S. The predicted molar refractivity (Wildman–Crippen MR) is 57.4 cm³/mol. The van der Waals surface area contributed by atoms with Gasteiger partial charge in [-0.2, -0.15) is 0 Å². The third kappa shape index (κ3) is 3.96. The third-order valence-corrected chi connectivity index (χ3v) is 2.91. The number of aryl methyl sites for hydroxylation is 1. The summed E-state index contributed by atoms with van der Waals surface area (Å²) < 4.78 is 0. The first-order valence-electron chi connectivity index (χ1n) is 4.24. The number of hydrogen-bond donors (Lipinski definition) is 0. The van der Waals surface area contributed by atoms with E-state index in [1.54, 1.807) is 18.0 Å². The zero-order valence-corrected chi connectivity index (χ0v) is 9.40. The Morgan fingerprint density at radius 2 is 2.38 bits per heavy atom. The van der Waals surface area contributed by atoms with Crippen molar-refractivity contribution in [3.05, 3.63) is 18.1 Å². The molecule has 1 heterocycles. The molecule has 0 spiro atoms. The van der Waals surface area contributed by atoms with Gasteiger partial charge in [-0.3, -0.25) is 0 Å². The first kappa shape index (κ1) is 10.8. The highest BCUT2D eigenvalue weighted by Gasteiger charge is 2.04. The van der Waals surface area contributed by atoms with Gasteiger partial charge in [0.25, 0.3) is 0 Å². The van der Waals surface area contributed by atoms with Gasteiger partial charge in [0.1, 0.15) is 5.82 Å². The van der Waals surface area contributed by atoms with Gasteiger partial charge < -0.3 is 0 Å². The molecule has 0 saturated heterocycles. The Morgan fingerprint density at radius 3 is 3.00 bits per heavy atom. The average Bonchev–Trinajstić information content (AvgIpc) is 2.04. The fraction of sp³-hybridized carbons (Fsp3) is 0.556. The van der Waals surface area contributed by atoms with Crippen molar-refractivity contribution >= 4 is 23.4 Å². The van der Waals surface area contributed by atoms with Gasteiger partial charge in [0.15, 0.2) is 0 Å². The summed E-state index contributed by atoms with van der Waals surface area (Å²) in [6.07, 6.45) is 2.80. The first-order valence-corrected chi connectivity index (χ1v) is 5.66. The lowest BCUT2D eigenvalue weighted by atomic mass is 10.4. The van der Waals surface area contributed by atoms with Crippen LogP contribution in [0, 0.1) is 6.92 Å². The van der Waals surface area contributed by atoms with Crippen LogP contribution in [0.15, 0.2) is 17.3 Å². The first-order chi connectivity index (χ1) is 6.22. The van der Waals surface area contributed by atoms with E-state index in [1.165, 1.54) is 0 Å². The van der Waals surface area contributed by atoms with E-state index < -0.39 is 0 Å². The third-order valence-electron chi connectivity index (χ3n) is 1.59. The molecular weight excluding hydrogens is 204 g/mol. The molecule has 0 fully saturated rings. The van der Waals surface area contributed by atoms with Gasteiger partial charge in [-0.05, 0) is 19.4 Å². The van der Waals surface area contributed by atoms with Crippen LogP contribution in [-0.2, 0) is 0 Å². The predicted octanol–water partition coefficient (Wildman–Crippen LogP) is 2.89. The van der Waals surface area contributed by atoms with Crippen LogP contribution in [-0.4, -0.2) is 21.1 Å². The van der Waals surface area contributed by atoms with Crippen LogP contribution in [0.3, 0.4) is 0 Å². The van der Waals surface area contributed by atoms with E-state index in [-0.39, 0.29) is 0 Å². The summed E-state index contributed by atoms with van der Waals surface area (Å²) in [5.41, 5.74) is 0. The van der Waals surface area contributed by atoms with Crippen molar-refractivity contribution in [3.63, 3.8) is 0 Å². The molecule has 0 aliphatic carbocycles.